The molecule has 7 heteroatoms. The quantitative estimate of drug-likeness (QED) is 0.487. The molecule has 1 aromatic carbocycles. The maximum atomic E-state index is 13.6. The number of rotatable bonds is 8. The molecule has 2 amide bonds. The fraction of sp³-hybridized carbons (Fsp3) is 0.538. The number of halogens is 1. The number of ether oxygens (including phenoxy) is 1. The molecule has 1 saturated carbocycles. The van der Waals surface area contributed by atoms with Crippen LogP contribution in [0.25, 0.3) is 0 Å². The zero-order valence-corrected chi connectivity index (χ0v) is 21.0. The average Bonchev–Trinajstić information content (AvgIpc) is 3.49. The van der Waals surface area contributed by atoms with Gasteiger partial charge in [0.05, 0.1) is 12.6 Å². The monoisotopic (exact) mass is 488 g/mol. The second kappa shape index (κ2) is 10.9. The molecule has 2 aliphatic rings. The number of hydrogen-bond acceptors (Lipinski definition) is 4. The van der Waals surface area contributed by atoms with E-state index in [1.807, 2.05) is 21.9 Å². The Hall–Kier alpha value is -2.05. The number of amides is 2. The fourth-order valence-electron chi connectivity index (χ4n) is 4.94. The van der Waals surface area contributed by atoms with E-state index in [2.05, 4.69) is 25.3 Å². The van der Waals surface area contributed by atoms with Gasteiger partial charge < -0.3 is 14.5 Å². The van der Waals surface area contributed by atoms with Crippen molar-refractivity contribution in [1.82, 2.24) is 9.80 Å². The molecular weight excluding hydrogens is 456 g/mol. The van der Waals surface area contributed by atoms with E-state index in [4.69, 9.17) is 16.3 Å². The predicted octanol–water partition coefficient (Wildman–Crippen LogP) is 5.58. The van der Waals surface area contributed by atoms with Gasteiger partial charge in [-0.3, -0.25) is 9.59 Å². The van der Waals surface area contributed by atoms with Crippen molar-refractivity contribution in [3.8, 4) is 5.75 Å². The molecule has 2 aromatic rings. The van der Waals surface area contributed by atoms with E-state index >= 15 is 0 Å². The summed E-state index contributed by atoms with van der Waals surface area (Å²) in [4.78, 5) is 31.8. The summed E-state index contributed by atoms with van der Waals surface area (Å²) in [6.45, 7) is 5.97. The first-order valence-corrected chi connectivity index (χ1v) is 13.2. The molecule has 1 atom stereocenters. The van der Waals surface area contributed by atoms with Crippen LogP contribution in [0.3, 0.4) is 0 Å². The van der Waals surface area contributed by atoms with Crippen molar-refractivity contribution in [2.45, 2.75) is 52.0 Å². The van der Waals surface area contributed by atoms with Crippen LogP contribution in [0, 0.1) is 11.8 Å². The summed E-state index contributed by atoms with van der Waals surface area (Å²) in [5.41, 5.74) is 1.16. The van der Waals surface area contributed by atoms with Crippen molar-refractivity contribution in [1.29, 1.82) is 0 Å². The molecule has 0 bridgehead atoms. The first-order chi connectivity index (χ1) is 15.9. The summed E-state index contributed by atoms with van der Waals surface area (Å²) in [6.07, 6.45) is 4.95. The van der Waals surface area contributed by atoms with Crippen LogP contribution in [0.5, 0.6) is 5.75 Å². The van der Waals surface area contributed by atoms with Crippen LogP contribution in [0.1, 0.15) is 56.0 Å². The highest BCUT2D eigenvalue weighted by atomic mass is 35.5. The lowest BCUT2D eigenvalue weighted by Crippen LogP contribution is -2.49. The highest BCUT2D eigenvalue weighted by molar-refractivity contribution is 7.10. The van der Waals surface area contributed by atoms with Crippen molar-refractivity contribution in [3.63, 3.8) is 0 Å². The first-order valence-electron chi connectivity index (χ1n) is 11.9. The van der Waals surface area contributed by atoms with Crippen LogP contribution in [0.15, 0.2) is 35.7 Å². The molecule has 1 fully saturated rings. The van der Waals surface area contributed by atoms with Gasteiger partial charge in [0.2, 0.25) is 11.8 Å². The Morgan fingerprint density at radius 2 is 1.91 bits per heavy atom. The maximum Gasteiger partial charge on any atom is 0.242 e. The minimum Gasteiger partial charge on any atom is -0.491 e. The fourth-order valence-corrected chi connectivity index (χ4v) is 5.99. The minimum absolute atomic E-state index is 0.00329. The lowest BCUT2D eigenvalue weighted by Gasteiger charge is -2.37. The molecule has 0 saturated heterocycles. The SMILES string of the molecule is CC(C)CN(CC(=O)N1CCc2sccc2[C@H]1COc1ccc(Cl)cc1)C(=O)C1CCCC1. The number of fused-ring (bicyclic) bond motifs is 1. The number of hydrogen-bond donors (Lipinski definition) is 0. The van der Waals surface area contributed by atoms with Gasteiger partial charge >= 0.3 is 0 Å². The molecular formula is C26H33ClN2O3S. The van der Waals surface area contributed by atoms with E-state index in [1.165, 1.54) is 4.88 Å². The molecule has 0 spiro atoms. The van der Waals surface area contributed by atoms with Crippen LogP contribution in [-0.2, 0) is 16.0 Å². The van der Waals surface area contributed by atoms with Gasteiger partial charge in [0.25, 0.3) is 0 Å². The second-order valence-electron chi connectivity index (χ2n) is 9.51. The summed E-state index contributed by atoms with van der Waals surface area (Å²) in [6, 6.07) is 9.23. The van der Waals surface area contributed by atoms with Crippen molar-refractivity contribution < 1.29 is 14.3 Å². The number of carbonyl (C=O) groups is 2. The van der Waals surface area contributed by atoms with E-state index < -0.39 is 0 Å². The zero-order valence-electron chi connectivity index (χ0n) is 19.5. The van der Waals surface area contributed by atoms with Gasteiger partial charge in [-0.1, -0.05) is 38.3 Å². The van der Waals surface area contributed by atoms with Gasteiger partial charge in [0.1, 0.15) is 12.4 Å². The Morgan fingerprint density at radius 3 is 2.61 bits per heavy atom. The molecule has 1 aromatic heterocycles. The van der Waals surface area contributed by atoms with E-state index in [0.717, 1.165) is 43.4 Å². The van der Waals surface area contributed by atoms with Gasteiger partial charge in [0, 0.05) is 28.9 Å². The van der Waals surface area contributed by atoms with Crippen LogP contribution in [-0.4, -0.2) is 47.9 Å². The zero-order chi connectivity index (χ0) is 23.4. The lowest BCUT2D eigenvalue weighted by molar-refractivity contribution is -0.145. The summed E-state index contributed by atoms with van der Waals surface area (Å²) in [5, 5.41) is 2.75. The summed E-state index contributed by atoms with van der Waals surface area (Å²) in [5.74, 6) is 1.27. The number of benzene rings is 1. The van der Waals surface area contributed by atoms with Gasteiger partial charge in [-0.15, -0.1) is 11.3 Å². The lowest BCUT2D eigenvalue weighted by atomic mass is 10.00. The standard InChI is InChI=1S/C26H33ClN2O3S/c1-18(2)15-28(26(31)19-5-3-4-6-19)16-25(30)29-13-11-24-22(12-14-33-24)23(29)17-32-21-9-7-20(27)8-10-21/h7-10,12,14,18-19,23H,3-6,11,13,15-17H2,1-2H3/t23-/m1/s1. The number of nitrogens with zero attached hydrogens (tertiary/aromatic N) is 2. The minimum atomic E-state index is -0.161. The van der Waals surface area contributed by atoms with E-state index in [1.54, 1.807) is 23.5 Å². The van der Waals surface area contributed by atoms with Gasteiger partial charge in [-0.2, -0.15) is 0 Å². The van der Waals surface area contributed by atoms with E-state index in [9.17, 15) is 9.59 Å². The molecule has 178 valence electrons. The van der Waals surface area contributed by atoms with Crippen LogP contribution >= 0.6 is 22.9 Å². The highest BCUT2D eigenvalue weighted by Gasteiger charge is 2.35. The van der Waals surface area contributed by atoms with Gasteiger partial charge in [-0.25, -0.2) is 0 Å². The predicted molar refractivity (Wildman–Crippen MR) is 133 cm³/mol. The number of thiophene rings is 1. The molecule has 0 unspecified atom stereocenters. The Balaban J connectivity index is 1.49. The molecule has 1 aliphatic heterocycles. The second-order valence-corrected chi connectivity index (χ2v) is 10.9. The molecule has 0 N–H and O–H groups in total. The smallest absolute Gasteiger partial charge is 0.242 e. The Morgan fingerprint density at radius 1 is 1.18 bits per heavy atom. The molecule has 1 aliphatic carbocycles. The molecule has 4 rings (SSSR count). The normalized spacial score (nSPS) is 18.4. The first kappa shape index (κ1) is 24.1. The summed E-state index contributed by atoms with van der Waals surface area (Å²) >= 11 is 7.73. The van der Waals surface area contributed by atoms with Crippen LogP contribution in [0.2, 0.25) is 5.02 Å². The maximum absolute atomic E-state index is 13.6. The molecule has 33 heavy (non-hydrogen) atoms. The molecule has 0 radical (unpaired) electrons. The summed E-state index contributed by atoms with van der Waals surface area (Å²) in [7, 11) is 0. The van der Waals surface area contributed by atoms with Crippen molar-refractivity contribution in [3.05, 3.63) is 51.2 Å². The molecule has 5 nitrogen and oxygen atoms in total. The highest BCUT2D eigenvalue weighted by Crippen LogP contribution is 2.34. The van der Waals surface area contributed by atoms with Crippen LogP contribution in [0.4, 0.5) is 0 Å². The third-order valence-corrected chi connectivity index (χ3v) is 7.81. The Kier molecular flexibility index (Phi) is 7.97. The van der Waals surface area contributed by atoms with E-state index in [-0.39, 0.29) is 30.3 Å². The third kappa shape index (κ3) is 5.90. The molecule has 2 heterocycles. The topological polar surface area (TPSA) is 49.9 Å². The van der Waals surface area contributed by atoms with Gasteiger partial charge in [0.15, 0.2) is 0 Å². The summed E-state index contributed by atoms with van der Waals surface area (Å²) < 4.78 is 6.08. The largest absolute Gasteiger partial charge is 0.491 e. The van der Waals surface area contributed by atoms with Crippen molar-refractivity contribution >= 4 is 34.8 Å². The third-order valence-electron chi connectivity index (χ3n) is 6.56. The Bertz CT molecular complexity index is 953. The van der Waals surface area contributed by atoms with Crippen molar-refractivity contribution in [2.24, 2.45) is 11.8 Å². The van der Waals surface area contributed by atoms with Crippen LogP contribution < -0.4 is 4.74 Å². The van der Waals surface area contributed by atoms with Gasteiger partial charge in [-0.05, 0) is 66.5 Å². The Labute approximate surface area is 205 Å². The van der Waals surface area contributed by atoms with E-state index in [0.29, 0.717) is 30.6 Å². The van der Waals surface area contributed by atoms with Crippen molar-refractivity contribution in [2.75, 3.05) is 26.2 Å². The number of carbonyl (C=O) groups excluding carboxylic acids is 2. The average molecular weight is 489 g/mol.